The summed E-state index contributed by atoms with van der Waals surface area (Å²) in [6.45, 7) is 2.73. The number of hydrogen-bond donors (Lipinski definition) is 1. The van der Waals surface area contributed by atoms with Gasteiger partial charge in [-0.25, -0.2) is 9.13 Å². The molecule has 0 aliphatic heterocycles. The van der Waals surface area contributed by atoms with Crippen molar-refractivity contribution in [1.82, 2.24) is 4.57 Å². The molecule has 1 N–H and O–H groups in total. The van der Waals surface area contributed by atoms with Crippen LogP contribution in [0.25, 0.3) is 0 Å². The van der Waals surface area contributed by atoms with E-state index in [1.165, 1.54) is 0 Å². The van der Waals surface area contributed by atoms with Crippen LogP contribution in [0.5, 0.6) is 0 Å². The molecular weight excluding hydrogens is 228 g/mol. The minimum Gasteiger partial charge on any atom is -1.00 e. The second-order valence-corrected chi connectivity index (χ2v) is 4.05. The van der Waals surface area contributed by atoms with Crippen LogP contribution >= 0.6 is 0 Å². The molecule has 1 aromatic heterocycles. The molecule has 0 fully saturated rings. The Balaban J connectivity index is 0.00000225. The van der Waals surface area contributed by atoms with E-state index in [0.717, 1.165) is 25.8 Å². The first kappa shape index (κ1) is 15.0. The molecule has 0 saturated heterocycles. The molecule has 0 saturated carbocycles. The van der Waals surface area contributed by atoms with Gasteiger partial charge < -0.3 is 17.5 Å². The molecule has 16 heavy (non-hydrogen) atoms. The summed E-state index contributed by atoms with van der Waals surface area (Å²) >= 11 is 0. The lowest BCUT2D eigenvalue weighted by Crippen LogP contribution is -3.00. The van der Waals surface area contributed by atoms with Gasteiger partial charge in [-0.1, -0.05) is 6.92 Å². The molecule has 0 aliphatic carbocycles. The molecule has 0 radical (unpaired) electrons. The van der Waals surface area contributed by atoms with Crippen molar-refractivity contribution < 1.29 is 26.9 Å². The van der Waals surface area contributed by atoms with Gasteiger partial charge in [0.05, 0.1) is 19.5 Å². The van der Waals surface area contributed by atoms with Gasteiger partial charge in [0.15, 0.2) is 0 Å². The first-order chi connectivity index (χ1) is 7.09. The van der Waals surface area contributed by atoms with Gasteiger partial charge in [-0.2, -0.15) is 0 Å². The maximum Gasteiger partial charge on any atom is 0.306 e. The highest BCUT2D eigenvalue weighted by Crippen LogP contribution is 2.08. The molecule has 0 spiro atoms. The fourth-order valence-corrected chi connectivity index (χ4v) is 1.50. The highest BCUT2D eigenvalue weighted by Gasteiger charge is 2.10. The van der Waals surface area contributed by atoms with Crippen molar-refractivity contribution in [3.05, 3.63) is 18.7 Å². The number of halogens is 1. The van der Waals surface area contributed by atoms with Crippen LogP contribution in [0.3, 0.4) is 0 Å². The Hall–Kier alpha value is -1.03. The molecule has 1 atom stereocenters. The number of carboxylic acid groups (broad SMARTS) is 1. The Morgan fingerprint density at radius 1 is 1.50 bits per heavy atom. The molecule has 1 unspecified atom stereocenters. The van der Waals surface area contributed by atoms with Gasteiger partial charge in [-0.15, -0.1) is 0 Å². The summed E-state index contributed by atoms with van der Waals surface area (Å²) in [7, 11) is 1.99. The number of unbranched alkanes of at least 4 members (excludes halogenated alkanes) is 1. The SMILES string of the molecule is CC(CCCCn1cc[n+](C)c1)C(=O)O.[Cl-]. The first-order valence-corrected chi connectivity index (χ1v) is 5.33. The Kier molecular flexibility index (Phi) is 6.81. The summed E-state index contributed by atoms with van der Waals surface area (Å²) in [4.78, 5) is 10.6. The van der Waals surface area contributed by atoms with E-state index in [2.05, 4.69) is 4.57 Å². The lowest BCUT2D eigenvalue weighted by molar-refractivity contribution is -0.671. The Bertz CT molecular complexity index is 326. The van der Waals surface area contributed by atoms with Crippen molar-refractivity contribution in [3.63, 3.8) is 0 Å². The molecule has 5 heteroatoms. The third-order valence-electron chi connectivity index (χ3n) is 2.55. The summed E-state index contributed by atoms with van der Waals surface area (Å²) in [5.41, 5.74) is 0. The quantitative estimate of drug-likeness (QED) is 0.476. The molecule has 92 valence electrons. The number of nitrogens with zero attached hydrogens (tertiary/aromatic N) is 2. The van der Waals surface area contributed by atoms with E-state index in [4.69, 9.17) is 5.11 Å². The standard InChI is InChI=1S/C11H18N2O2.ClH/c1-10(11(14)15)5-3-4-6-13-8-7-12(2)9-13;/h7-10H,3-6H2,1-2H3;1H. The molecular formula is C11H19ClN2O2. The highest BCUT2D eigenvalue weighted by molar-refractivity contribution is 5.69. The predicted octanol–water partition coefficient (Wildman–Crippen LogP) is -1.79. The summed E-state index contributed by atoms with van der Waals surface area (Å²) in [5.74, 6) is -0.909. The van der Waals surface area contributed by atoms with Gasteiger partial charge in [0.1, 0.15) is 12.4 Å². The monoisotopic (exact) mass is 246 g/mol. The summed E-state index contributed by atoms with van der Waals surface area (Å²) in [6, 6.07) is 0. The maximum atomic E-state index is 10.6. The average molecular weight is 247 g/mol. The maximum absolute atomic E-state index is 10.6. The van der Waals surface area contributed by atoms with Gasteiger partial charge in [-0.3, -0.25) is 4.79 Å². The van der Waals surface area contributed by atoms with E-state index < -0.39 is 5.97 Å². The van der Waals surface area contributed by atoms with Gasteiger partial charge >= 0.3 is 5.97 Å². The van der Waals surface area contributed by atoms with Crippen LogP contribution in [-0.4, -0.2) is 15.6 Å². The molecule has 0 aromatic carbocycles. The highest BCUT2D eigenvalue weighted by atomic mass is 35.5. The van der Waals surface area contributed by atoms with Crippen LogP contribution in [0, 0.1) is 5.92 Å². The zero-order chi connectivity index (χ0) is 11.3. The third kappa shape index (κ3) is 5.16. The van der Waals surface area contributed by atoms with E-state index in [9.17, 15) is 4.79 Å². The number of hydrogen-bond acceptors (Lipinski definition) is 1. The van der Waals surface area contributed by atoms with Crippen LogP contribution in [0.1, 0.15) is 26.2 Å². The lowest BCUT2D eigenvalue weighted by atomic mass is 10.0. The number of rotatable bonds is 6. The van der Waals surface area contributed by atoms with Gasteiger partial charge in [-0.05, 0) is 19.3 Å². The molecule has 1 rings (SSSR count). The van der Waals surface area contributed by atoms with Crippen LogP contribution in [0.2, 0.25) is 0 Å². The van der Waals surface area contributed by atoms with Crippen LogP contribution in [0.4, 0.5) is 0 Å². The van der Waals surface area contributed by atoms with Crippen molar-refractivity contribution in [1.29, 1.82) is 0 Å². The van der Waals surface area contributed by atoms with Gasteiger partial charge in [0.2, 0.25) is 6.33 Å². The largest absolute Gasteiger partial charge is 1.00 e. The molecule has 0 amide bonds. The second-order valence-electron chi connectivity index (χ2n) is 4.05. The summed E-state index contributed by atoms with van der Waals surface area (Å²) in [6.07, 6.45) is 8.82. The van der Waals surface area contributed by atoms with Crippen molar-refractivity contribution in [2.24, 2.45) is 13.0 Å². The summed E-state index contributed by atoms with van der Waals surface area (Å²) in [5, 5.41) is 8.69. The normalized spacial score (nSPS) is 11.9. The zero-order valence-corrected chi connectivity index (χ0v) is 10.5. The zero-order valence-electron chi connectivity index (χ0n) is 9.77. The van der Waals surface area contributed by atoms with Crippen molar-refractivity contribution >= 4 is 5.97 Å². The number of aliphatic carboxylic acids is 1. The van der Waals surface area contributed by atoms with Gasteiger partial charge in [0, 0.05) is 0 Å². The minimum atomic E-state index is -0.692. The predicted molar refractivity (Wildman–Crippen MR) is 56.3 cm³/mol. The Morgan fingerprint density at radius 3 is 2.69 bits per heavy atom. The Morgan fingerprint density at radius 2 is 2.19 bits per heavy atom. The number of aromatic nitrogens is 2. The number of carbonyl (C=O) groups is 1. The lowest BCUT2D eigenvalue weighted by Gasteiger charge is -2.04. The summed E-state index contributed by atoms with van der Waals surface area (Å²) < 4.78 is 4.12. The number of carboxylic acids is 1. The van der Waals surface area contributed by atoms with Crippen LogP contribution in [-0.2, 0) is 18.4 Å². The average Bonchev–Trinajstić information content (AvgIpc) is 2.58. The van der Waals surface area contributed by atoms with Crippen LogP contribution in [0.15, 0.2) is 18.7 Å². The smallest absolute Gasteiger partial charge is 0.306 e. The van der Waals surface area contributed by atoms with E-state index in [1.54, 1.807) is 6.92 Å². The van der Waals surface area contributed by atoms with Crippen molar-refractivity contribution in [3.8, 4) is 0 Å². The fourth-order valence-electron chi connectivity index (χ4n) is 1.50. The number of aryl methyl sites for hydroxylation is 2. The topological polar surface area (TPSA) is 46.1 Å². The molecule has 4 nitrogen and oxygen atoms in total. The van der Waals surface area contributed by atoms with E-state index in [1.807, 2.05) is 30.3 Å². The first-order valence-electron chi connectivity index (χ1n) is 5.33. The van der Waals surface area contributed by atoms with Crippen LogP contribution < -0.4 is 17.0 Å². The molecule has 0 bridgehead atoms. The molecule has 1 heterocycles. The van der Waals surface area contributed by atoms with E-state index in [-0.39, 0.29) is 18.3 Å². The van der Waals surface area contributed by atoms with E-state index in [0.29, 0.717) is 0 Å². The molecule has 0 aliphatic rings. The molecule has 1 aromatic rings. The second kappa shape index (κ2) is 7.28. The van der Waals surface area contributed by atoms with Gasteiger partial charge in [0.25, 0.3) is 0 Å². The fraction of sp³-hybridized carbons (Fsp3) is 0.636. The van der Waals surface area contributed by atoms with Crippen molar-refractivity contribution in [2.75, 3.05) is 0 Å². The van der Waals surface area contributed by atoms with Crippen molar-refractivity contribution in [2.45, 2.75) is 32.7 Å². The van der Waals surface area contributed by atoms with E-state index >= 15 is 0 Å². The Labute approximate surface area is 102 Å². The number of imidazole rings is 1. The third-order valence-corrected chi connectivity index (χ3v) is 2.55. The minimum absolute atomic E-state index is 0.